The summed E-state index contributed by atoms with van der Waals surface area (Å²) in [4.78, 5) is 8.17. The Balaban J connectivity index is 0.955. The van der Waals surface area contributed by atoms with Crippen molar-refractivity contribution in [2.24, 2.45) is 16.6 Å². The highest BCUT2D eigenvalue weighted by molar-refractivity contribution is 6.13. The maximum atomic E-state index is 6.63. The lowest BCUT2D eigenvalue weighted by Gasteiger charge is -2.31. The summed E-state index contributed by atoms with van der Waals surface area (Å²) in [5.74, 6) is 1.55. The number of para-hydroxylation sites is 2. The molecule has 5 heterocycles. The number of nitrogens with one attached hydrogen (secondary N) is 1. The summed E-state index contributed by atoms with van der Waals surface area (Å²) in [5, 5.41) is 7.50. The Bertz CT molecular complexity index is 3150. The number of hydrogen-bond acceptors (Lipinski definition) is 5. The highest BCUT2D eigenvalue weighted by atomic mass is 16.3. The van der Waals surface area contributed by atoms with Crippen molar-refractivity contribution < 1.29 is 4.42 Å². The van der Waals surface area contributed by atoms with Gasteiger partial charge in [0.2, 0.25) is 0 Å². The van der Waals surface area contributed by atoms with Gasteiger partial charge in [0.25, 0.3) is 0 Å². The Labute approximate surface area is 349 Å². The van der Waals surface area contributed by atoms with Crippen LogP contribution in [0.3, 0.4) is 0 Å². The normalized spacial score (nSPS) is 22.0. The molecule has 4 aliphatic heterocycles. The molecule has 1 saturated heterocycles. The lowest BCUT2D eigenvalue weighted by atomic mass is 9.74. The second-order valence-corrected chi connectivity index (χ2v) is 17.0. The SMILES string of the molecule is NCCC1=CC2c3cc4ccccc4cc3N3c4ccccc4C(=C1c1ccccc1-c1ccc(C4=Nc5c(oc6ccccc56)C5NCC4C5c4ccccc4)cc1)C23. The molecule has 5 heteroatoms. The van der Waals surface area contributed by atoms with Gasteiger partial charge in [-0.15, -0.1) is 0 Å². The van der Waals surface area contributed by atoms with Crippen LogP contribution >= 0.6 is 0 Å². The Morgan fingerprint density at radius 3 is 2.22 bits per heavy atom. The smallest absolute Gasteiger partial charge is 0.148 e. The molecule has 288 valence electrons. The van der Waals surface area contributed by atoms with Gasteiger partial charge in [0.1, 0.15) is 17.0 Å². The van der Waals surface area contributed by atoms with Crippen LogP contribution in [0.15, 0.2) is 185 Å². The minimum Gasteiger partial charge on any atom is -0.457 e. The molecule has 7 aromatic carbocycles. The van der Waals surface area contributed by atoms with Crippen molar-refractivity contribution in [1.29, 1.82) is 0 Å². The number of fused-ring (bicyclic) bond motifs is 13. The van der Waals surface area contributed by atoms with Crippen LogP contribution in [0.1, 0.15) is 57.9 Å². The van der Waals surface area contributed by atoms with E-state index >= 15 is 0 Å². The van der Waals surface area contributed by atoms with E-state index in [1.807, 2.05) is 6.07 Å². The Kier molecular flexibility index (Phi) is 7.45. The van der Waals surface area contributed by atoms with Crippen LogP contribution in [0.5, 0.6) is 0 Å². The summed E-state index contributed by atoms with van der Waals surface area (Å²) >= 11 is 0. The molecule has 60 heavy (non-hydrogen) atoms. The number of hydrogen-bond donors (Lipinski definition) is 2. The molecule has 3 N–H and O–H groups in total. The largest absolute Gasteiger partial charge is 0.457 e. The summed E-state index contributed by atoms with van der Waals surface area (Å²) < 4.78 is 6.63. The molecule has 2 bridgehead atoms. The van der Waals surface area contributed by atoms with E-state index in [1.165, 1.54) is 72.2 Å². The van der Waals surface area contributed by atoms with Gasteiger partial charge in [-0.05, 0) is 104 Å². The quantitative estimate of drug-likeness (QED) is 0.177. The van der Waals surface area contributed by atoms with Crippen LogP contribution in [-0.4, -0.2) is 24.8 Å². The molecule has 1 aliphatic carbocycles. The molecule has 1 fully saturated rings. The first-order chi connectivity index (χ1) is 29.7. The van der Waals surface area contributed by atoms with Gasteiger partial charge in [-0.1, -0.05) is 140 Å². The second kappa shape index (κ2) is 13.1. The van der Waals surface area contributed by atoms with E-state index in [2.05, 4.69) is 174 Å². The third kappa shape index (κ3) is 4.85. The lowest BCUT2D eigenvalue weighted by Crippen LogP contribution is -2.28. The van der Waals surface area contributed by atoms with E-state index in [9.17, 15) is 0 Å². The third-order valence-electron chi connectivity index (χ3n) is 14.0. The van der Waals surface area contributed by atoms with Gasteiger partial charge in [0.05, 0.1) is 17.8 Å². The Morgan fingerprint density at radius 1 is 0.683 bits per heavy atom. The fraction of sp³-hybridized carbons (Fsp3) is 0.145. The number of aliphatic imine (C=N–C) groups is 1. The van der Waals surface area contributed by atoms with Gasteiger partial charge in [-0.25, -0.2) is 4.99 Å². The molecule has 5 nitrogen and oxygen atoms in total. The molecule has 0 saturated carbocycles. The molecule has 8 aromatic rings. The summed E-state index contributed by atoms with van der Waals surface area (Å²) in [5.41, 5.74) is 24.9. The fourth-order valence-electron chi connectivity index (χ4n) is 11.5. The van der Waals surface area contributed by atoms with E-state index < -0.39 is 0 Å². The Hall–Kier alpha value is -6.79. The first-order valence-corrected chi connectivity index (χ1v) is 21.4. The molecular formula is C55H42N4O. The van der Waals surface area contributed by atoms with E-state index in [1.54, 1.807) is 0 Å². The lowest BCUT2D eigenvalue weighted by molar-refractivity contribution is 0.441. The van der Waals surface area contributed by atoms with Gasteiger partial charge < -0.3 is 20.4 Å². The van der Waals surface area contributed by atoms with Crippen molar-refractivity contribution >= 4 is 55.7 Å². The topological polar surface area (TPSA) is 66.8 Å². The summed E-state index contributed by atoms with van der Waals surface area (Å²) in [6, 6.07) is 60.3. The summed E-state index contributed by atoms with van der Waals surface area (Å²) in [7, 11) is 0. The van der Waals surface area contributed by atoms with Gasteiger partial charge in [-0.3, -0.25) is 0 Å². The predicted molar refractivity (Wildman–Crippen MR) is 245 cm³/mol. The van der Waals surface area contributed by atoms with E-state index in [0.717, 1.165) is 46.7 Å². The average molecular weight is 775 g/mol. The van der Waals surface area contributed by atoms with Crippen molar-refractivity contribution in [2.75, 3.05) is 18.0 Å². The van der Waals surface area contributed by atoms with Crippen LogP contribution in [0.4, 0.5) is 17.1 Å². The third-order valence-corrected chi connectivity index (χ3v) is 14.0. The standard InChI is InChI=1S/C55H42N4O/c56-27-26-37-29-43-42-28-35-14-4-5-15-36(35)30-46(42)59-45-20-10-8-18-40(45)50(54(43)59)48(37)39-17-7-6-16-38(39)32-22-24-34(25-23-32)51-44-31-57-53(49(44)33-12-2-1-3-13-33)55-52(58-51)41-19-9-11-21-47(41)60-55/h1-25,28-30,43-44,49,53-54,57H,26-27,31,56H2. The van der Waals surface area contributed by atoms with Crippen LogP contribution in [0.25, 0.3) is 44.0 Å². The number of allylic oxidation sites excluding steroid dienone is 1. The summed E-state index contributed by atoms with van der Waals surface area (Å²) in [6.45, 7) is 1.42. The monoisotopic (exact) mass is 774 g/mol. The molecule has 13 rings (SSSR count). The molecule has 0 spiro atoms. The fourth-order valence-corrected chi connectivity index (χ4v) is 11.5. The number of nitrogens with two attached hydrogens (primary N) is 1. The maximum absolute atomic E-state index is 6.63. The number of furan rings is 1. The zero-order valence-corrected chi connectivity index (χ0v) is 33.1. The molecule has 5 atom stereocenters. The number of benzene rings is 7. The molecule has 1 aromatic heterocycles. The number of anilines is 2. The Morgan fingerprint density at radius 2 is 1.38 bits per heavy atom. The highest BCUT2D eigenvalue weighted by Gasteiger charge is 2.50. The van der Waals surface area contributed by atoms with Crippen molar-refractivity contribution in [2.45, 2.75) is 30.3 Å². The van der Waals surface area contributed by atoms with E-state index in [-0.39, 0.29) is 29.8 Å². The van der Waals surface area contributed by atoms with Crippen LogP contribution in [0.2, 0.25) is 0 Å². The molecule has 0 amide bonds. The molecule has 0 radical (unpaired) electrons. The summed E-state index contributed by atoms with van der Waals surface area (Å²) in [6.07, 6.45) is 3.36. The molecular weight excluding hydrogens is 733 g/mol. The van der Waals surface area contributed by atoms with Crippen LogP contribution < -0.4 is 16.0 Å². The second-order valence-electron chi connectivity index (χ2n) is 17.0. The van der Waals surface area contributed by atoms with Crippen molar-refractivity contribution in [3.8, 4) is 11.1 Å². The average Bonchev–Trinajstić information content (AvgIpc) is 4.04. The minimum atomic E-state index is 0.0379. The van der Waals surface area contributed by atoms with Gasteiger partial charge in [0.15, 0.2) is 0 Å². The molecule has 5 unspecified atom stereocenters. The van der Waals surface area contributed by atoms with Crippen LogP contribution in [0, 0.1) is 5.92 Å². The zero-order chi connectivity index (χ0) is 39.5. The first-order valence-electron chi connectivity index (χ1n) is 21.4. The highest BCUT2D eigenvalue weighted by Crippen LogP contribution is 2.62. The number of rotatable bonds is 6. The van der Waals surface area contributed by atoms with Gasteiger partial charge in [0, 0.05) is 46.6 Å². The first kappa shape index (κ1) is 34.1. The van der Waals surface area contributed by atoms with Crippen molar-refractivity contribution in [3.63, 3.8) is 0 Å². The van der Waals surface area contributed by atoms with E-state index in [0.29, 0.717) is 6.54 Å². The van der Waals surface area contributed by atoms with Gasteiger partial charge in [-0.2, -0.15) is 0 Å². The predicted octanol–water partition coefficient (Wildman–Crippen LogP) is 12.2. The van der Waals surface area contributed by atoms with Crippen LogP contribution in [-0.2, 0) is 0 Å². The van der Waals surface area contributed by atoms with Crippen molar-refractivity contribution in [3.05, 3.63) is 209 Å². The maximum Gasteiger partial charge on any atom is 0.148 e. The van der Waals surface area contributed by atoms with Gasteiger partial charge >= 0.3 is 0 Å². The minimum absolute atomic E-state index is 0.0379. The number of nitrogens with zero attached hydrogens (tertiary/aromatic N) is 2. The van der Waals surface area contributed by atoms with Crippen molar-refractivity contribution in [1.82, 2.24) is 5.32 Å². The van der Waals surface area contributed by atoms with E-state index in [4.69, 9.17) is 15.1 Å². The molecule has 5 aliphatic rings. The zero-order valence-electron chi connectivity index (χ0n) is 33.1.